The van der Waals surface area contributed by atoms with Gasteiger partial charge in [-0.05, 0) is 47.2 Å². The van der Waals surface area contributed by atoms with Crippen molar-refractivity contribution >= 4 is 11.6 Å². The van der Waals surface area contributed by atoms with Gasteiger partial charge in [-0.25, -0.2) is 0 Å². The van der Waals surface area contributed by atoms with Crippen LogP contribution in [0.4, 0.5) is 0 Å². The predicted octanol–water partition coefficient (Wildman–Crippen LogP) is 4.97. The molecule has 1 nitrogen and oxygen atoms in total. The average molecular weight is 302 g/mol. The van der Waals surface area contributed by atoms with Gasteiger partial charge in [0.25, 0.3) is 0 Å². The monoisotopic (exact) mass is 301 g/mol. The van der Waals surface area contributed by atoms with Gasteiger partial charge in [-0.2, -0.15) is 0 Å². The Bertz CT molecular complexity index is 550. The molecule has 0 amide bonds. The molecule has 0 spiro atoms. The molecule has 1 N–H and O–H groups in total. The second-order valence-corrected chi connectivity index (χ2v) is 6.94. The summed E-state index contributed by atoms with van der Waals surface area (Å²) in [5, 5.41) is 4.29. The SMILES string of the molecule is CC(C)(C)c1ccc(CNCCc2ccc(Cl)cc2)cc1. The zero-order valence-electron chi connectivity index (χ0n) is 13.1. The van der Waals surface area contributed by atoms with Gasteiger partial charge in [-0.3, -0.25) is 0 Å². The Morgan fingerprint density at radius 3 is 2.00 bits per heavy atom. The highest BCUT2D eigenvalue weighted by atomic mass is 35.5. The quantitative estimate of drug-likeness (QED) is 0.769. The van der Waals surface area contributed by atoms with E-state index in [1.165, 1.54) is 16.7 Å². The first kappa shape index (κ1) is 16.1. The molecule has 0 atom stereocenters. The maximum absolute atomic E-state index is 5.88. The van der Waals surface area contributed by atoms with Crippen LogP contribution in [0.3, 0.4) is 0 Å². The molecule has 0 bridgehead atoms. The molecule has 0 saturated carbocycles. The van der Waals surface area contributed by atoms with Crippen LogP contribution in [-0.4, -0.2) is 6.54 Å². The maximum atomic E-state index is 5.88. The van der Waals surface area contributed by atoms with E-state index in [0.29, 0.717) is 0 Å². The summed E-state index contributed by atoms with van der Waals surface area (Å²) in [6.45, 7) is 8.62. The molecule has 2 aromatic rings. The van der Waals surface area contributed by atoms with Gasteiger partial charge in [0.15, 0.2) is 0 Å². The van der Waals surface area contributed by atoms with Gasteiger partial charge in [-0.1, -0.05) is 68.8 Å². The van der Waals surface area contributed by atoms with Crippen LogP contribution in [-0.2, 0) is 18.4 Å². The minimum absolute atomic E-state index is 0.223. The van der Waals surface area contributed by atoms with Crippen molar-refractivity contribution in [2.45, 2.75) is 39.2 Å². The van der Waals surface area contributed by atoms with Gasteiger partial charge in [0.1, 0.15) is 0 Å². The molecule has 2 rings (SSSR count). The molecule has 0 heterocycles. The van der Waals surface area contributed by atoms with Crippen molar-refractivity contribution in [3.63, 3.8) is 0 Å². The van der Waals surface area contributed by atoms with Crippen LogP contribution in [0.5, 0.6) is 0 Å². The molecular weight excluding hydrogens is 278 g/mol. The van der Waals surface area contributed by atoms with Crippen LogP contribution >= 0.6 is 11.6 Å². The van der Waals surface area contributed by atoms with Gasteiger partial charge in [0, 0.05) is 11.6 Å². The number of nitrogens with one attached hydrogen (secondary N) is 1. The molecule has 21 heavy (non-hydrogen) atoms. The maximum Gasteiger partial charge on any atom is 0.0406 e. The van der Waals surface area contributed by atoms with Crippen LogP contribution in [0.2, 0.25) is 5.02 Å². The first-order valence-corrected chi connectivity index (χ1v) is 7.87. The zero-order valence-corrected chi connectivity index (χ0v) is 13.9. The van der Waals surface area contributed by atoms with Crippen molar-refractivity contribution in [1.82, 2.24) is 5.32 Å². The number of rotatable bonds is 5. The Morgan fingerprint density at radius 1 is 0.857 bits per heavy atom. The third-order valence-corrected chi connectivity index (χ3v) is 3.90. The highest BCUT2D eigenvalue weighted by Gasteiger charge is 2.12. The number of benzene rings is 2. The normalized spacial score (nSPS) is 11.6. The molecule has 0 fully saturated rings. The summed E-state index contributed by atoms with van der Waals surface area (Å²) >= 11 is 5.88. The minimum atomic E-state index is 0.223. The largest absolute Gasteiger partial charge is 0.312 e. The van der Waals surface area contributed by atoms with Crippen molar-refractivity contribution in [3.8, 4) is 0 Å². The lowest BCUT2D eigenvalue weighted by Gasteiger charge is -2.19. The molecular formula is C19H24ClN. The zero-order chi connectivity index (χ0) is 15.3. The van der Waals surface area contributed by atoms with Gasteiger partial charge >= 0.3 is 0 Å². The molecule has 0 aliphatic heterocycles. The smallest absolute Gasteiger partial charge is 0.0406 e. The van der Waals surface area contributed by atoms with Gasteiger partial charge in [-0.15, -0.1) is 0 Å². The average Bonchev–Trinajstić information content (AvgIpc) is 2.45. The van der Waals surface area contributed by atoms with E-state index >= 15 is 0 Å². The summed E-state index contributed by atoms with van der Waals surface area (Å²) < 4.78 is 0. The minimum Gasteiger partial charge on any atom is -0.312 e. The summed E-state index contributed by atoms with van der Waals surface area (Å²) in [4.78, 5) is 0. The van der Waals surface area contributed by atoms with Crippen molar-refractivity contribution in [2.24, 2.45) is 0 Å². The molecule has 0 radical (unpaired) electrons. The van der Waals surface area contributed by atoms with Crippen LogP contribution in [0, 0.1) is 0 Å². The van der Waals surface area contributed by atoms with Crippen molar-refractivity contribution in [2.75, 3.05) is 6.54 Å². The first-order chi connectivity index (χ1) is 9.95. The fourth-order valence-corrected chi connectivity index (χ4v) is 2.37. The summed E-state index contributed by atoms with van der Waals surface area (Å²) in [5.74, 6) is 0. The molecule has 112 valence electrons. The van der Waals surface area contributed by atoms with E-state index in [-0.39, 0.29) is 5.41 Å². The fourth-order valence-electron chi connectivity index (χ4n) is 2.24. The van der Waals surface area contributed by atoms with E-state index < -0.39 is 0 Å². The number of halogens is 1. The second-order valence-electron chi connectivity index (χ2n) is 6.50. The molecule has 0 aliphatic rings. The van der Waals surface area contributed by atoms with Crippen molar-refractivity contribution in [3.05, 3.63) is 70.2 Å². The van der Waals surface area contributed by atoms with Gasteiger partial charge in [0.05, 0.1) is 0 Å². The Labute approximate surface area is 133 Å². The van der Waals surface area contributed by atoms with E-state index in [4.69, 9.17) is 11.6 Å². The van der Waals surface area contributed by atoms with Crippen LogP contribution in [0.15, 0.2) is 48.5 Å². The third kappa shape index (κ3) is 5.18. The number of hydrogen-bond acceptors (Lipinski definition) is 1. The molecule has 0 saturated heterocycles. The molecule has 0 aromatic heterocycles. The Hall–Kier alpha value is -1.31. The third-order valence-electron chi connectivity index (χ3n) is 3.65. The summed E-state index contributed by atoms with van der Waals surface area (Å²) in [6.07, 6.45) is 1.03. The highest BCUT2D eigenvalue weighted by molar-refractivity contribution is 6.30. The van der Waals surface area contributed by atoms with Gasteiger partial charge in [0.2, 0.25) is 0 Å². The van der Waals surface area contributed by atoms with E-state index in [0.717, 1.165) is 24.5 Å². The van der Waals surface area contributed by atoms with Crippen LogP contribution in [0.25, 0.3) is 0 Å². The summed E-state index contributed by atoms with van der Waals surface area (Å²) in [5.41, 5.74) is 4.25. The molecule has 2 heteroatoms. The standard InChI is InChI=1S/C19H24ClN/c1-19(2,3)17-8-4-16(5-9-17)14-21-13-12-15-6-10-18(20)11-7-15/h4-11,21H,12-14H2,1-3H3. The topological polar surface area (TPSA) is 12.0 Å². The van der Waals surface area contributed by atoms with Crippen LogP contribution in [0.1, 0.15) is 37.5 Å². The fraction of sp³-hybridized carbons (Fsp3) is 0.368. The summed E-state index contributed by atoms with van der Waals surface area (Å²) in [7, 11) is 0. The summed E-state index contributed by atoms with van der Waals surface area (Å²) in [6, 6.07) is 17.0. The Balaban J connectivity index is 1.77. The molecule has 0 aliphatic carbocycles. The van der Waals surface area contributed by atoms with E-state index in [1.54, 1.807) is 0 Å². The lowest BCUT2D eigenvalue weighted by molar-refractivity contribution is 0.589. The van der Waals surface area contributed by atoms with Crippen molar-refractivity contribution in [1.29, 1.82) is 0 Å². The molecule has 0 unspecified atom stereocenters. The first-order valence-electron chi connectivity index (χ1n) is 7.50. The van der Waals surface area contributed by atoms with Crippen LogP contribution < -0.4 is 5.32 Å². The Kier molecular flexibility index (Phi) is 5.44. The Morgan fingerprint density at radius 2 is 1.43 bits per heavy atom. The van der Waals surface area contributed by atoms with Crippen molar-refractivity contribution < 1.29 is 0 Å². The van der Waals surface area contributed by atoms with E-state index in [9.17, 15) is 0 Å². The molecule has 2 aromatic carbocycles. The van der Waals surface area contributed by atoms with E-state index in [2.05, 4.69) is 62.5 Å². The second kappa shape index (κ2) is 7.11. The highest BCUT2D eigenvalue weighted by Crippen LogP contribution is 2.22. The number of hydrogen-bond donors (Lipinski definition) is 1. The van der Waals surface area contributed by atoms with Gasteiger partial charge < -0.3 is 5.32 Å². The predicted molar refractivity (Wildman–Crippen MR) is 92.0 cm³/mol. The lowest BCUT2D eigenvalue weighted by atomic mass is 9.87. The lowest BCUT2D eigenvalue weighted by Crippen LogP contribution is -2.17. The van der Waals surface area contributed by atoms with E-state index in [1.807, 2.05) is 12.1 Å².